The quantitative estimate of drug-likeness (QED) is 0.828. The zero-order chi connectivity index (χ0) is 14.4. The average molecular weight is 267 g/mol. The van der Waals surface area contributed by atoms with E-state index < -0.39 is 12.0 Å². The number of hydrogen-bond donors (Lipinski definition) is 2. The van der Waals surface area contributed by atoms with Crippen LogP contribution in [-0.2, 0) is 16.0 Å². The Morgan fingerprint density at radius 2 is 2.05 bits per heavy atom. The molecule has 1 amide bonds. The van der Waals surface area contributed by atoms with Crippen molar-refractivity contribution < 1.29 is 19.1 Å². The van der Waals surface area contributed by atoms with Gasteiger partial charge in [-0.25, -0.2) is 4.39 Å². The smallest absolute Gasteiger partial charge is 0.325 e. The van der Waals surface area contributed by atoms with E-state index in [1.54, 1.807) is 12.1 Å². The van der Waals surface area contributed by atoms with Crippen molar-refractivity contribution in [2.24, 2.45) is 5.92 Å². The number of benzene rings is 1. The second kappa shape index (κ2) is 6.87. The Hall–Kier alpha value is -1.91. The number of halogens is 1. The molecule has 104 valence electrons. The zero-order valence-electron chi connectivity index (χ0n) is 11.0. The molecule has 4 nitrogen and oxygen atoms in total. The second-order valence-corrected chi connectivity index (χ2v) is 4.77. The first-order chi connectivity index (χ1) is 8.88. The van der Waals surface area contributed by atoms with E-state index >= 15 is 0 Å². The van der Waals surface area contributed by atoms with E-state index in [1.165, 1.54) is 19.1 Å². The van der Waals surface area contributed by atoms with Gasteiger partial charge in [0.25, 0.3) is 0 Å². The Balaban J connectivity index is 2.45. The second-order valence-electron chi connectivity index (χ2n) is 4.77. The van der Waals surface area contributed by atoms with Crippen LogP contribution in [0.5, 0.6) is 0 Å². The summed E-state index contributed by atoms with van der Waals surface area (Å²) in [7, 11) is 0. The van der Waals surface area contributed by atoms with Gasteiger partial charge in [0.1, 0.15) is 11.9 Å². The van der Waals surface area contributed by atoms with Crippen LogP contribution in [0.1, 0.15) is 25.8 Å². The lowest BCUT2D eigenvalue weighted by Crippen LogP contribution is -2.39. The van der Waals surface area contributed by atoms with Crippen LogP contribution in [0.15, 0.2) is 24.3 Å². The number of hydrogen-bond acceptors (Lipinski definition) is 2. The van der Waals surface area contributed by atoms with Crippen LogP contribution >= 0.6 is 0 Å². The minimum absolute atomic E-state index is 0.0165. The highest BCUT2D eigenvalue weighted by atomic mass is 19.1. The van der Waals surface area contributed by atoms with Crippen molar-refractivity contribution >= 4 is 11.9 Å². The van der Waals surface area contributed by atoms with Crippen molar-refractivity contribution in [1.82, 2.24) is 5.32 Å². The normalized spacial score (nSPS) is 13.6. The third kappa shape index (κ3) is 5.50. The summed E-state index contributed by atoms with van der Waals surface area (Å²) < 4.78 is 13.0. The summed E-state index contributed by atoms with van der Waals surface area (Å²) in [4.78, 5) is 22.2. The van der Waals surface area contributed by atoms with E-state index in [1.807, 2.05) is 6.92 Å². The number of carbonyl (C=O) groups excluding carboxylic acids is 1. The molecule has 1 aromatic rings. The molecular weight excluding hydrogens is 249 g/mol. The van der Waals surface area contributed by atoms with Crippen LogP contribution in [0.4, 0.5) is 4.39 Å². The Morgan fingerprint density at radius 3 is 2.63 bits per heavy atom. The third-order valence-electron chi connectivity index (χ3n) is 2.75. The molecular formula is C14H18FNO3. The lowest BCUT2D eigenvalue weighted by molar-refractivity contribution is -0.141. The predicted molar refractivity (Wildman–Crippen MR) is 69.1 cm³/mol. The molecule has 2 N–H and O–H groups in total. The molecule has 0 heterocycles. The van der Waals surface area contributed by atoms with Gasteiger partial charge in [0, 0.05) is 6.42 Å². The largest absolute Gasteiger partial charge is 0.480 e. The monoisotopic (exact) mass is 267 g/mol. The van der Waals surface area contributed by atoms with Gasteiger partial charge >= 0.3 is 5.97 Å². The van der Waals surface area contributed by atoms with E-state index in [9.17, 15) is 14.0 Å². The standard InChI is InChI=1S/C14H18FNO3/c1-9(6-11-4-3-5-12(15)8-11)7-13(17)16-10(2)14(18)19/h3-5,8-10H,6-7H2,1-2H3,(H,16,17)(H,18,19). The number of carboxylic acid groups (broad SMARTS) is 1. The molecule has 0 saturated carbocycles. The first-order valence-corrected chi connectivity index (χ1v) is 6.15. The zero-order valence-corrected chi connectivity index (χ0v) is 11.0. The molecule has 5 heteroatoms. The molecule has 2 atom stereocenters. The van der Waals surface area contributed by atoms with Gasteiger partial charge in [-0.1, -0.05) is 19.1 Å². The number of aliphatic carboxylic acids is 1. The Bertz CT molecular complexity index is 462. The molecule has 0 aromatic heterocycles. The highest BCUT2D eigenvalue weighted by Gasteiger charge is 2.16. The molecule has 2 unspecified atom stereocenters. The summed E-state index contributed by atoms with van der Waals surface area (Å²) in [5, 5.41) is 11.1. The van der Waals surface area contributed by atoms with Crippen LogP contribution in [0.25, 0.3) is 0 Å². The van der Waals surface area contributed by atoms with Gasteiger partial charge in [-0.3, -0.25) is 9.59 Å². The van der Waals surface area contributed by atoms with Gasteiger partial charge in [-0.15, -0.1) is 0 Å². The molecule has 0 radical (unpaired) electrons. The molecule has 0 aliphatic heterocycles. The number of amides is 1. The summed E-state index contributed by atoms with van der Waals surface area (Å²) in [5.41, 5.74) is 0.826. The highest BCUT2D eigenvalue weighted by molar-refractivity contribution is 5.83. The summed E-state index contributed by atoms with van der Waals surface area (Å²) in [5.74, 6) is -1.65. The van der Waals surface area contributed by atoms with Crippen LogP contribution in [0.3, 0.4) is 0 Å². The Kier molecular flexibility index (Phi) is 5.48. The van der Waals surface area contributed by atoms with E-state index in [0.29, 0.717) is 6.42 Å². The SMILES string of the molecule is CC(CC(=O)NC(C)C(=O)O)Cc1cccc(F)c1. The van der Waals surface area contributed by atoms with Crippen molar-refractivity contribution in [3.63, 3.8) is 0 Å². The fraction of sp³-hybridized carbons (Fsp3) is 0.429. The van der Waals surface area contributed by atoms with E-state index in [-0.39, 0.29) is 24.1 Å². The fourth-order valence-corrected chi connectivity index (χ4v) is 1.82. The van der Waals surface area contributed by atoms with Gasteiger partial charge in [0.2, 0.25) is 5.91 Å². The molecule has 0 fully saturated rings. The summed E-state index contributed by atoms with van der Waals surface area (Å²) in [6, 6.07) is 5.35. The van der Waals surface area contributed by atoms with Gasteiger partial charge in [0.05, 0.1) is 0 Å². The van der Waals surface area contributed by atoms with Gasteiger partial charge in [-0.05, 0) is 37.0 Å². The molecule has 19 heavy (non-hydrogen) atoms. The predicted octanol–water partition coefficient (Wildman–Crippen LogP) is 1.98. The number of carboxylic acids is 1. The molecule has 0 aliphatic rings. The maximum atomic E-state index is 13.0. The minimum Gasteiger partial charge on any atom is -0.480 e. The Labute approximate surface area is 111 Å². The minimum atomic E-state index is -1.06. The fourth-order valence-electron chi connectivity index (χ4n) is 1.82. The highest BCUT2D eigenvalue weighted by Crippen LogP contribution is 2.13. The van der Waals surface area contributed by atoms with Crippen molar-refractivity contribution in [3.8, 4) is 0 Å². The number of nitrogens with one attached hydrogen (secondary N) is 1. The molecule has 0 aliphatic carbocycles. The maximum absolute atomic E-state index is 13.0. The van der Waals surface area contributed by atoms with Crippen molar-refractivity contribution in [3.05, 3.63) is 35.6 Å². The van der Waals surface area contributed by atoms with Crippen LogP contribution in [0.2, 0.25) is 0 Å². The van der Waals surface area contributed by atoms with Crippen LogP contribution < -0.4 is 5.32 Å². The van der Waals surface area contributed by atoms with Gasteiger partial charge < -0.3 is 10.4 Å². The van der Waals surface area contributed by atoms with Gasteiger partial charge in [0.15, 0.2) is 0 Å². The molecule has 0 saturated heterocycles. The Morgan fingerprint density at radius 1 is 1.37 bits per heavy atom. The first-order valence-electron chi connectivity index (χ1n) is 6.15. The lowest BCUT2D eigenvalue weighted by atomic mass is 9.97. The number of rotatable bonds is 6. The summed E-state index contributed by atoms with van der Waals surface area (Å²) in [6.45, 7) is 3.29. The number of carbonyl (C=O) groups is 2. The first kappa shape index (κ1) is 15.1. The molecule has 0 bridgehead atoms. The molecule has 0 spiro atoms. The summed E-state index contributed by atoms with van der Waals surface area (Å²) >= 11 is 0. The van der Waals surface area contributed by atoms with E-state index in [0.717, 1.165) is 5.56 Å². The van der Waals surface area contributed by atoms with E-state index in [2.05, 4.69) is 5.32 Å². The maximum Gasteiger partial charge on any atom is 0.325 e. The third-order valence-corrected chi connectivity index (χ3v) is 2.75. The van der Waals surface area contributed by atoms with Crippen LogP contribution in [-0.4, -0.2) is 23.0 Å². The summed E-state index contributed by atoms with van der Waals surface area (Å²) in [6.07, 6.45) is 0.792. The lowest BCUT2D eigenvalue weighted by Gasteiger charge is -2.13. The average Bonchev–Trinajstić information content (AvgIpc) is 2.27. The van der Waals surface area contributed by atoms with E-state index in [4.69, 9.17) is 5.11 Å². The van der Waals surface area contributed by atoms with Crippen molar-refractivity contribution in [1.29, 1.82) is 0 Å². The van der Waals surface area contributed by atoms with Crippen molar-refractivity contribution in [2.75, 3.05) is 0 Å². The van der Waals surface area contributed by atoms with Crippen LogP contribution in [0, 0.1) is 11.7 Å². The van der Waals surface area contributed by atoms with Gasteiger partial charge in [-0.2, -0.15) is 0 Å². The van der Waals surface area contributed by atoms with Crippen molar-refractivity contribution in [2.45, 2.75) is 32.7 Å². The molecule has 1 rings (SSSR count). The molecule has 1 aromatic carbocycles. The topological polar surface area (TPSA) is 66.4 Å².